The Hall–Kier alpha value is -1.30. The SMILES string of the molecule is COCC(C)(C)NC(=O)NC1(C(=O)O)CCCC(C)C1. The molecule has 0 bridgehead atoms. The van der Waals surface area contributed by atoms with Crippen LogP contribution in [0.15, 0.2) is 0 Å². The standard InChI is InChI=1S/C14H26N2O4/c1-10-6-5-7-14(8-10,11(17)18)16-12(19)15-13(2,3)9-20-4/h10H,5-9H2,1-4H3,(H,17,18)(H2,15,16,19). The van der Waals surface area contributed by atoms with Crippen molar-refractivity contribution < 1.29 is 19.4 Å². The molecule has 116 valence electrons. The van der Waals surface area contributed by atoms with Gasteiger partial charge >= 0.3 is 12.0 Å². The molecule has 0 aromatic carbocycles. The van der Waals surface area contributed by atoms with Crippen LogP contribution >= 0.6 is 0 Å². The average Bonchev–Trinajstić information content (AvgIpc) is 2.27. The first-order valence-electron chi connectivity index (χ1n) is 7.03. The number of carboxylic acids is 1. The molecule has 0 radical (unpaired) electrons. The average molecular weight is 286 g/mol. The van der Waals surface area contributed by atoms with Gasteiger partial charge in [0.25, 0.3) is 0 Å². The van der Waals surface area contributed by atoms with Crippen LogP contribution < -0.4 is 10.6 Å². The van der Waals surface area contributed by atoms with Crippen molar-refractivity contribution >= 4 is 12.0 Å². The molecule has 0 spiro atoms. The Bertz CT molecular complexity index is 370. The van der Waals surface area contributed by atoms with Crippen LogP contribution in [-0.4, -0.2) is 41.9 Å². The number of hydrogen-bond acceptors (Lipinski definition) is 3. The molecule has 1 saturated carbocycles. The number of methoxy groups -OCH3 is 1. The van der Waals surface area contributed by atoms with Crippen molar-refractivity contribution in [1.29, 1.82) is 0 Å². The monoisotopic (exact) mass is 286 g/mol. The summed E-state index contributed by atoms with van der Waals surface area (Å²) in [5.74, 6) is -0.657. The Morgan fingerprint density at radius 1 is 1.45 bits per heavy atom. The highest BCUT2D eigenvalue weighted by Gasteiger charge is 2.43. The van der Waals surface area contributed by atoms with Gasteiger partial charge in [-0.1, -0.05) is 19.8 Å². The minimum atomic E-state index is -1.15. The third kappa shape index (κ3) is 4.37. The van der Waals surface area contributed by atoms with E-state index in [4.69, 9.17) is 4.74 Å². The van der Waals surface area contributed by atoms with Crippen LogP contribution in [0.25, 0.3) is 0 Å². The molecule has 20 heavy (non-hydrogen) atoms. The lowest BCUT2D eigenvalue weighted by Gasteiger charge is -2.38. The molecule has 0 heterocycles. The Kier molecular flexibility index (Phi) is 5.39. The lowest BCUT2D eigenvalue weighted by molar-refractivity contribution is -0.146. The van der Waals surface area contributed by atoms with Crippen LogP contribution in [0.5, 0.6) is 0 Å². The van der Waals surface area contributed by atoms with Gasteiger partial charge in [0.2, 0.25) is 0 Å². The van der Waals surface area contributed by atoms with E-state index in [1.165, 1.54) is 0 Å². The molecule has 0 aromatic heterocycles. The highest BCUT2D eigenvalue weighted by Crippen LogP contribution is 2.32. The van der Waals surface area contributed by atoms with Crippen LogP contribution in [0.4, 0.5) is 4.79 Å². The molecule has 2 amide bonds. The fraction of sp³-hybridized carbons (Fsp3) is 0.857. The van der Waals surface area contributed by atoms with Gasteiger partial charge in [0.15, 0.2) is 0 Å². The summed E-state index contributed by atoms with van der Waals surface area (Å²) in [6.07, 6.45) is 2.77. The molecule has 0 aromatic rings. The number of urea groups is 1. The topological polar surface area (TPSA) is 87.7 Å². The number of amides is 2. The molecule has 0 aliphatic heterocycles. The Balaban J connectivity index is 2.71. The Labute approximate surface area is 120 Å². The van der Waals surface area contributed by atoms with Gasteiger partial charge in [0.05, 0.1) is 12.1 Å². The summed E-state index contributed by atoms with van der Waals surface area (Å²) in [6.45, 7) is 6.03. The number of ether oxygens (including phenoxy) is 1. The van der Waals surface area contributed by atoms with Gasteiger partial charge in [-0.3, -0.25) is 0 Å². The van der Waals surface area contributed by atoms with E-state index in [1.54, 1.807) is 7.11 Å². The van der Waals surface area contributed by atoms with E-state index >= 15 is 0 Å². The third-order valence-electron chi connectivity index (χ3n) is 3.72. The lowest BCUT2D eigenvalue weighted by atomic mass is 9.76. The molecule has 6 heteroatoms. The van der Waals surface area contributed by atoms with E-state index in [0.717, 1.165) is 12.8 Å². The molecule has 2 unspecified atom stereocenters. The van der Waals surface area contributed by atoms with Crippen molar-refractivity contribution in [2.24, 2.45) is 5.92 Å². The molecule has 0 saturated heterocycles. The van der Waals surface area contributed by atoms with Crippen molar-refractivity contribution in [3.05, 3.63) is 0 Å². The Morgan fingerprint density at radius 2 is 2.10 bits per heavy atom. The fourth-order valence-corrected chi connectivity index (χ4v) is 2.87. The van der Waals surface area contributed by atoms with Crippen LogP contribution in [0.3, 0.4) is 0 Å². The zero-order chi connectivity index (χ0) is 15.4. The fourth-order valence-electron chi connectivity index (χ4n) is 2.87. The quantitative estimate of drug-likeness (QED) is 0.718. The zero-order valence-corrected chi connectivity index (χ0v) is 12.8. The molecule has 3 N–H and O–H groups in total. The maximum atomic E-state index is 12.1. The van der Waals surface area contributed by atoms with Crippen molar-refractivity contribution in [2.45, 2.75) is 57.5 Å². The van der Waals surface area contributed by atoms with Gasteiger partial charge in [0, 0.05) is 7.11 Å². The first-order chi connectivity index (χ1) is 9.21. The van der Waals surface area contributed by atoms with Crippen LogP contribution in [0.1, 0.15) is 46.5 Å². The van der Waals surface area contributed by atoms with Gasteiger partial charge in [-0.25, -0.2) is 9.59 Å². The maximum absolute atomic E-state index is 12.1. The lowest BCUT2D eigenvalue weighted by Crippen LogP contribution is -2.62. The number of carbonyl (C=O) groups excluding carboxylic acids is 1. The van der Waals surface area contributed by atoms with Crippen molar-refractivity contribution in [1.82, 2.24) is 10.6 Å². The molecular formula is C14H26N2O4. The summed E-state index contributed by atoms with van der Waals surface area (Å²) >= 11 is 0. The zero-order valence-electron chi connectivity index (χ0n) is 12.8. The molecule has 1 rings (SSSR count). The Morgan fingerprint density at radius 3 is 2.60 bits per heavy atom. The summed E-state index contributed by atoms with van der Waals surface area (Å²) < 4.78 is 5.03. The first-order valence-corrected chi connectivity index (χ1v) is 7.03. The van der Waals surface area contributed by atoms with Gasteiger partial charge in [0.1, 0.15) is 5.54 Å². The van der Waals surface area contributed by atoms with Crippen LogP contribution in [-0.2, 0) is 9.53 Å². The minimum Gasteiger partial charge on any atom is -0.480 e. The second kappa shape index (κ2) is 6.43. The maximum Gasteiger partial charge on any atom is 0.329 e. The van der Waals surface area contributed by atoms with Gasteiger partial charge < -0.3 is 20.5 Å². The molecule has 1 aliphatic rings. The first kappa shape index (κ1) is 16.8. The molecule has 2 atom stereocenters. The van der Waals surface area contributed by atoms with Crippen LogP contribution in [0.2, 0.25) is 0 Å². The number of rotatable bonds is 5. The largest absolute Gasteiger partial charge is 0.480 e. The number of hydrogen-bond donors (Lipinski definition) is 3. The van der Waals surface area contributed by atoms with E-state index in [2.05, 4.69) is 10.6 Å². The van der Waals surface area contributed by atoms with Crippen LogP contribution in [0, 0.1) is 5.92 Å². The van der Waals surface area contributed by atoms with E-state index < -0.39 is 23.1 Å². The second-order valence-electron chi connectivity index (χ2n) is 6.48. The van der Waals surface area contributed by atoms with Gasteiger partial charge in [-0.15, -0.1) is 0 Å². The van der Waals surface area contributed by atoms with Crippen molar-refractivity contribution in [3.63, 3.8) is 0 Å². The number of nitrogens with one attached hydrogen (secondary N) is 2. The predicted molar refractivity (Wildman–Crippen MR) is 75.6 cm³/mol. The predicted octanol–water partition coefficient (Wildman–Crippen LogP) is 1.74. The normalized spacial score (nSPS) is 26.9. The minimum absolute atomic E-state index is 0.298. The van der Waals surface area contributed by atoms with Crippen molar-refractivity contribution in [2.75, 3.05) is 13.7 Å². The van der Waals surface area contributed by atoms with E-state index in [1.807, 2.05) is 20.8 Å². The number of carboxylic acid groups (broad SMARTS) is 1. The van der Waals surface area contributed by atoms with Crippen molar-refractivity contribution in [3.8, 4) is 0 Å². The second-order valence-corrected chi connectivity index (χ2v) is 6.48. The molecule has 1 fully saturated rings. The smallest absolute Gasteiger partial charge is 0.329 e. The summed E-state index contributed by atoms with van der Waals surface area (Å²) in [5, 5.41) is 14.9. The van der Waals surface area contributed by atoms with E-state index in [0.29, 0.717) is 25.4 Å². The van der Waals surface area contributed by atoms with Gasteiger partial charge in [-0.05, 0) is 32.6 Å². The molecular weight excluding hydrogens is 260 g/mol. The van der Waals surface area contributed by atoms with Gasteiger partial charge in [-0.2, -0.15) is 0 Å². The highest BCUT2D eigenvalue weighted by molar-refractivity contribution is 5.86. The number of aliphatic carboxylic acids is 1. The molecule has 6 nitrogen and oxygen atoms in total. The third-order valence-corrected chi connectivity index (χ3v) is 3.72. The summed E-state index contributed by atoms with van der Waals surface area (Å²) in [6, 6.07) is -0.455. The summed E-state index contributed by atoms with van der Waals surface area (Å²) in [4.78, 5) is 23.7. The molecule has 1 aliphatic carbocycles. The van der Waals surface area contributed by atoms with E-state index in [9.17, 15) is 14.7 Å². The highest BCUT2D eigenvalue weighted by atomic mass is 16.5. The van der Waals surface area contributed by atoms with E-state index in [-0.39, 0.29) is 0 Å². The summed E-state index contributed by atoms with van der Waals surface area (Å²) in [7, 11) is 1.56. The summed E-state index contributed by atoms with van der Waals surface area (Å²) in [5.41, 5.74) is -1.69. The number of carbonyl (C=O) groups is 2.